The molecule has 0 bridgehead atoms. The van der Waals surface area contributed by atoms with Crippen LogP contribution in [0.15, 0.2) is 4.99 Å². The van der Waals surface area contributed by atoms with E-state index in [0.29, 0.717) is 0 Å². The Kier molecular flexibility index (Phi) is 4.11. The molecule has 0 aliphatic heterocycles. The van der Waals surface area contributed by atoms with Gasteiger partial charge in [0.1, 0.15) is 6.61 Å². The number of hydrogen-bond donors (Lipinski definition) is 0. The van der Waals surface area contributed by atoms with Gasteiger partial charge >= 0.3 is 0 Å². The zero-order valence-corrected chi connectivity index (χ0v) is 5.00. The fourth-order valence-electron chi connectivity index (χ4n) is 0.285. The molecule has 0 aromatic heterocycles. The highest BCUT2D eigenvalue weighted by Crippen LogP contribution is 1.86. The smallest absolute Gasteiger partial charge is 0.286 e. The molecule has 0 fully saturated rings. The van der Waals surface area contributed by atoms with Crippen LogP contribution in [0.3, 0.4) is 0 Å². The van der Waals surface area contributed by atoms with Crippen LogP contribution in [-0.2, 0) is 9.53 Å². The molecule has 48 valence electrons. The highest BCUT2D eigenvalue weighted by molar-refractivity contribution is 5.33. The van der Waals surface area contributed by atoms with Crippen molar-refractivity contribution in [1.82, 2.24) is 0 Å². The Labute approximate surface area is 52.8 Å². The standard InChI is InChI=1S/C5H6N2O2/c1-5(7-4-8)2-9-3-6/h5H,2H2,1H3. The number of hydrogen-bond acceptors (Lipinski definition) is 4. The summed E-state index contributed by atoms with van der Waals surface area (Å²) in [5.74, 6) is 0. The Hall–Kier alpha value is -1.33. The van der Waals surface area contributed by atoms with E-state index in [0.717, 1.165) is 0 Å². The van der Waals surface area contributed by atoms with E-state index in [2.05, 4.69) is 9.73 Å². The summed E-state index contributed by atoms with van der Waals surface area (Å²) in [5, 5.41) is 7.87. The second-order valence-corrected chi connectivity index (χ2v) is 1.47. The molecule has 9 heavy (non-hydrogen) atoms. The molecule has 0 aliphatic carbocycles. The Morgan fingerprint density at radius 3 is 3.00 bits per heavy atom. The topological polar surface area (TPSA) is 62.4 Å². The molecule has 0 N–H and O–H groups in total. The second kappa shape index (κ2) is 4.82. The first kappa shape index (κ1) is 7.67. The molecule has 0 aromatic carbocycles. The molecular weight excluding hydrogens is 120 g/mol. The summed E-state index contributed by atoms with van der Waals surface area (Å²) in [6, 6.07) is -0.276. The van der Waals surface area contributed by atoms with Gasteiger partial charge in [-0.2, -0.15) is 10.3 Å². The molecule has 0 aliphatic rings. The summed E-state index contributed by atoms with van der Waals surface area (Å²) in [5.41, 5.74) is 0. The van der Waals surface area contributed by atoms with E-state index in [1.807, 2.05) is 0 Å². The van der Waals surface area contributed by atoms with Gasteiger partial charge in [0, 0.05) is 0 Å². The predicted molar refractivity (Wildman–Crippen MR) is 29.1 cm³/mol. The van der Waals surface area contributed by atoms with Crippen molar-refractivity contribution in [3.05, 3.63) is 0 Å². The van der Waals surface area contributed by atoms with Crippen molar-refractivity contribution in [1.29, 1.82) is 5.26 Å². The summed E-state index contributed by atoms with van der Waals surface area (Å²) in [4.78, 5) is 12.8. The molecule has 0 saturated heterocycles. The first-order chi connectivity index (χ1) is 4.31. The van der Waals surface area contributed by atoms with Crippen LogP contribution in [0.1, 0.15) is 6.92 Å². The average Bonchev–Trinajstić information content (AvgIpc) is 1.85. The van der Waals surface area contributed by atoms with Crippen LogP contribution in [0, 0.1) is 11.5 Å². The van der Waals surface area contributed by atoms with Crippen molar-refractivity contribution in [3.8, 4) is 6.26 Å². The van der Waals surface area contributed by atoms with Crippen LogP contribution >= 0.6 is 0 Å². The normalized spacial score (nSPS) is 10.7. The predicted octanol–water partition coefficient (Wildman–Crippen LogP) is 0.208. The molecule has 0 radical (unpaired) electrons. The lowest BCUT2D eigenvalue weighted by molar-refractivity contribution is 0.253. The van der Waals surface area contributed by atoms with Gasteiger partial charge < -0.3 is 4.74 Å². The molecule has 0 saturated carbocycles. The van der Waals surface area contributed by atoms with E-state index in [4.69, 9.17) is 5.26 Å². The van der Waals surface area contributed by atoms with Gasteiger partial charge in [0.2, 0.25) is 6.08 Å². The molecule has 0 aromatic rings. The third kappa shape index (κ3) is 4.52. The number of aliphatic imine (C=N–C) groups is 1. The molecule has 1 unspecified atom stereocenters. The third-order valence-electron chi connectivity index (χ3n) is 0.662. The van der Waals surface area contributed by atoms with Crippen molar-refractivity contribution in [3.63, 3.8) is 0 Å². The minimum absolute atomic E-state index is 0.145. The van der Waals surface area contributed by atoms with Gasteiger partial charge in [-0.1, -0.05) is 0 Å². The minimum atomic E-state index is -0.276. The van der Waals surface area contributed by atoms with Gasteiger partial charge in [0.05, 0.1) is 6.04 Å². The van der Waals surface area contributed by atoms with E-state index in [1.165, 1.54) is 12.3 Å². The molecule has 0 spiro atoms. The lowest BCUT2D eigenvalue weighted by Crippen LogP contribution is -2.05. The average molecular weight is 126 g/mol. The van der Waals surface area contributed by atoms with Crippen LogP contribution in [0.5, 0.6) is 0 Å². The highest BCUT2D eigenvalue weighted by Gasteiger charge is 1.96. The summed E-state index contributed by atoms with van der Waals surface area (Å²) in [6.07, 6.45) is 2.83. The lowest BCUT2D eigenvalue weighted by atomic mass is 10.4. The number of nitrogens with zero attached hydrogens (tertiary/aromatic N) is 2. The molecule has 0 heterocycles. The highest BCUT2D eigenvalue weighted by atomic mass is 16.5. The molecule has 4 heteroatoms. The summed E-state index contributed by atoms with van der Waals surface area (Å²) in [7, 11) is 0. The number of carbonyl (C=O) groups excluding carboxylic acids is 1. The molecule has 4 nitrogen and oxygen atoms in total. The van der Waals surface area contributed by atoms with Crippen molar-refractivity contribution in [2.45, 2.75) is 13.0 Å². The number of rotatable bonds is 3. The van der Waals surface area contributed by atoms with Crippen LogP contribution < -0.4 is 0 Å². The number of nitriles is 1. The number of ether oxygens (including phenoxy) is 1. The minimum Gasteiger partial charge on any atom is -0.425 e. The molecule has 1 atom stereocenters. The fraction of sp³-hybridized carbons (Fsp3) is 0.600. The van der Waals surface area contributed by atoms with Crippen LogP contribution in [0.4, 0.5) is 0 Å². The van der Waals surface area contributed by atoms with Crippen LogP contribution in [0.2, 0.25) is 0 Å². The summed E-state index contributed by atoms with van der Waals surface area (Å²) >= 11 is 0. The largest absolute Gasteiger partial charge is 0.425 e. The Balaban J connectivity index is 3.40. The lowest BCUT2D eigenvalue weighted by Gasteiger charge is -1.96. The SMILES string of the molecule is CC(COC#N)N=C=O. The Morgan fingerprint density at radius 1 is 1.89 bits per heavy atom. The Morgan fingerprint density at radius 2 is 2.56 bits per heavy atom. The summed E-state index contributed by atoms with van der Waals surface area (Å²) < 4.78 is 4.28. The molecule has 0 rings (SSSR count). The van der Waals surface area contributed by atoms with E-state index in [-0.39, 0.29) is 12.6 Å². The van der Waals surface area contributed by atoms with E-state index >= 15 is 0 Å². The van der Waals surface area contributed by atoms with E-state index in [9.17, 15) is 4.79 Å². The first-order valence-electron chi connectivity index (χ1n) is 2.39. The van der Waals surface area contributed by atoms with E-state index < -0.39 is 0 Å². The molecule has 0 amide bonds. The van der Waals surface area contributed by atoms with Gasteiger partial charge in [0.15, 0.2) is 0 Å². The van der Waals surface area contributed by atoms with Crippen molar-refractivity contribution >= 4 is 6.08 Å². The van der Waals surface area contributed by atoms with Crippen molar-refractivity contribution in [2.24, 2.45) is 4.99 Å². The van der Waals surface area contributed by atoms with Gasteiger partial charge in [-0.05, 0) is 6.92 Å². The zero-order chi connectivity index (χ0) is 7.11. The third-order valence-corrected chi connectivity index (χ3v) is 0.662. The fourth-order valence-corrected chi connectivity index (χ4v) is 0.285. The van der Waals surface area contributed by atoms with Crippen LogP contribution in [-0.4, -0.2) is 18.7 Å². The van der Waals surface area contributed by atoms with Crippen LogP contribution in [0.25, 0.3) is 0 Å². The van der Waals surface area contributed by atoms with Gasteiger partial charge in [0.25, 0.3) is 6.26 Å². The molecular formula is C5H6N2O2. The van der Waals surface area contributed by atoms with Gasteiger partial charge in [-0.25, -0.2) is 4.79 Å². The monoisotopic (exact) mass is 126 g/mol. The Bertz CT molecular complexity index is 155. The quantitative estimate of drug-likeness (QED) is 0.308. The van der Waals surface area contributed by atoms with E-state index in [1.54, 1.807) is 6.92 Å². The maximum absolute atomic E-state index is 9.55. The zero-order valence-electron chi connectivity index (χ0n) is 5.00. The second-order valence-electron chi connectivity index (χ2n) is 1.47. The van der Waals surface area contributed by atoms with Gasteiger partial charge in [-0.15, -0.1) is 0 Å². The van der Waals surface area contributed by atoms with Gasteiger partial charge in [-0.3, -0.25) is 0 Å². The maximum atomic E-state index is 9.55. The summed E-state index contributed by atoms with van der Waals surface area (Å²) in [6.45, 7) is 1.80. The maximum Gasteiger partial charge on any atom is 0.286 e. The van der Waals surface area contributed by atoms with Crippen molar-refractivity contribution < 1.29 is 9.53 Å². The number of isocyanates is 1. The first-order valence-corrected chi connectivity index (χ1v) is 2.39. The van der Waals surface area contributed by atoms with Crippen molar-refractivity contribution in [2.75, 3.05) is 6.61 Å².